The quantitative estimate of drug-likeness (QED) is 0.665. The molecule has 7 nitrogen and oxygen atoms in total. The number of nitrogens with zero attached hydrogens (tertiary/aromatic N) is 3. The Morgan fingerprint density at radius 1 is 1.11 bits per heavy atom. The summed E-state index contributed by atoms with van der Waals surface area (Å²) < 4.78 is 7.03. The summed E-state index contributed by atoms with van der Waals surface area (Å²) in [5, 5.41) is 8.09. The molecular weight excluding hydrogens is 440 g/mol. The first-order valence-corrected chi connectivity index (χ1v) is 13.0. The van der Waals surface area contributed by atoms with Crippen LogP contribution in [0.2, 0.25) is 0 Å². The molecule has 35 heavy (non-hydrogen) atoms. The Labute approximate surface area is 209 Å². The number of ether oxygens (including phenoxy) is 1. The van der Waals surface area contributed by atoms with E-state index in [1.807, 2.05) is 37.3 Å². The minimum absolute atomic E-state index is 0.0941. The maximum absolute atomic E-state index is 13.9. The summed E-state index contributed by atoms with van der Waals surface area (Å²) in [7, 11) is 1.63. The summed E-state index contributed by atoms with van der Waals surface area (Å²) in [6, 6.07) is 9.71. The van der Waals surface area contributed by atoms with Gasteiger partial charge < -0.3 is 15.0 Å². The molecule has 1 saturated carbocycles. The van der Waals surface area contributed by atoms with Gasteiger partial charge in [0.15, 0.2) is 0 Å². The van der Waals surface area contributed by atoms with Gasteiger partial charge in [0.25, 0.3) is 5.91 Å². The van der Waals surface area contributed by atoms with Crippen LogP contribution in [0.4, 0.5) is 0 Å². The summed E-state index contributed by atoms with van der Waals surface area (Å²) in [6.45, 7) is 8.81. The number of hydrogen-bond acceptors (Lipinski definition) is 4. The average molecular weight is 481 g/mol. The Morgan fingerprint density at radius 2 is 1.74 bits per heavy atom. The first-order valence-electron chi connectivity index (χ1n) is 13.0. The van der Waals surface area contributed by atoms with Crippen molar-refractivity contribution in [3.05, 3.63) is 47.3 Å². The van der Waals surface area contributed by atoms with E-state index in [4.69, 9.17) is 9.84 Å². The molecule has 0 unspecified atom stereocenters. The van der Waals surface area contributed by atoms with Gasteiger partial charge in [-0.3, -0.25) is 14.3 Å². The molecule has 2 heterocycles. The lowest BCUT2D eigenvalue weighted by Crippen LogP contribution is -2.64. The van der Waals surface area contributed by atoms with Gasteiger partial charge in [-0.15, -0.1) is 0 Å². The van der Waals surface area contributed by atoms with Gasteiger partial charge in [0.05, 0.1) is 19.3 Å². The van der Waals surface area contributed by atoms with Gasteiger partial charge in [0.1, 0.15) is 17.0 Å². The number of rotatable bonds is 5. The number of benzene rings is 1. The van der Waals surface area contributed by atoms with E-state index in [0.717, 1.165) is 42.7 Å². The first-order chi connectivity index (χ1) is 16.6. The molecule has 0 bridgehead atoms. The second-order valence-electron chi connectivity index (χ2n) is 11.4. The fourth-order valence-electron chi connectivity index (χ4n) is 5.11. The SMILES string of the molecule is COc1ccc(CN2C(=O)c3cc(C(C)(C)C)nn3C[C@]2(C)C(=O)NC2CCCCCCC2)cc1. The van der Waals surface area contributed by atoms with Gasteiger partial charge in [0.2, 0.25) is 5.91 Å². The molecule has 4 rings (SSSR count). The Hall–Kier alpha value is -2.83. The summed E-state index contributed by atoms with van der Waals surface area (Å²) in [5.41, 5.74) is 1.11. The number of carbonyl (C=O) groups is 2. The number of fused-ring (bicyclic) bond motifs is 1. The van der Waals surface area contributed by atoms with Crippen molar-refractivity contribution >= 4 is 11.8 Å². The van der Waals surface area contributed by atoms with Gasteiger partial charge in [-0.25, -0.2) is 0 Å². The third kappa shape index (κ3) is 5.39. The van der Waals surface area contributed by atoms with Crippen LogP contribution in [0.15, 0.2) is 30.3 Å². The van der Waals surface area contributed by atoms with E-state index in [0.29, 0.717) is 18.8 Å². The number of amides is 2. The normalized spacial score (nSPS) is 21.7. The van der Waals surface area contributed by atoms with Crippen LogP contribution in [0, 0.1) is 0 Å². The first kappa shape index (κ1) is 25.3. The molecule has 1 fully saturated rings. The van der Waals surface area contributed by atoms with Crippen molar-refractivity contribution in [3.8, 4) is 5.75 Å². The van der Waals surface area contributed by atoms with Crippen LogP contribution in [-0.4, -0.2) is 45.2 Å². The van der Waals surface area contributed by atoms with E-state index >= 15 is 0 Å². The Kier molecular flexibility index (Phi) is 7.25. The molecule has 1 aliphatic heterocycles. The van der Waals surface area contributed by atoms with Crippen LogP contribution in [0.25, 0.3) is 0 Å². The lowest BCUT2D eigenvalue weighted by Gasteiger charge is -2.44. The topological polar surface area (TPSA) is 76.5 Å². The Morgan fingerprint density at radius 3 is 2.34 bits per heavy atom. The molecule has 2 amide bonds. The molecule has 0 saturated heterocycles. The van der Waals surface area contributed by atoms with E-state index in [1.54, 1.807) is 16.7 Å². The van der Waals surface area contributed by atoms with E-state index in [2.05, 4.69) is 26.1 Å². The fraction of sp³-hybridized carbons (Fsp3) is 0.607. The van der Waals surface area contributed by atoms with Crippen LogP contribution < -0.4 is 10.1 Å². The molecule has 2 aliphatic rings. The fourth-order valence-corrected chi connectivity index (χ4v) is 5.11. The molecule has 7 heteroatoms. The number of methoxy groups -OCH3 is 1. The van der Waals surface area contributed by atoms with Crippen molar-refractivity contribution in [2.45, 2.75) is 103 Å². The highest BCUT2D eigenvalue weighted by Crippen LogP contribution is 2.32. The predicted octanol–water partition coefficient (Wildman–Crippen LogP) is 4.83. The molecule has 0 spiro atoms. The van der Waals surface area contributed by atoms with E-state index < -0.39 is 5.54 Å². The zero-order valence-corrected chi connectivity index (χ0v) is 21.9. The lowest BCUT2D eigenvalue weighted by atomic mass is 9.91. The maximum atomic E-state index is 13.9. The standard InChI is InChI=1S/C28H40N4O3/c1-27(2,3)24-17-23-25(33)31(18-20-13-15-22(35-5)16-14-20)28(4,19-32(23)30-24)26(34)29-21-11-9-7-6-8-10-12-21/h13-17,21H,6-12,18-19H2,1-5H3,(H,29,34)/t28-/m1/s1. The third-order valence-corrected chi connectivity index (χ3v) is 7.50. The largest absolute Gasteiger partial charge is 0.497 e. The highest BCUT2D eigenvalue weighted by atomic mass is 16.5. The van der Waals surface area contributed by atoms with Crippen molar-refractivity contribution in [2.24, 2.45) is 0 Å². The second-order valence-corrected chi connectivity index (χ2v) is 11.4. The zero-order chi connectivity index (χ0) is 25.2. The molecule has 1 aromatic carbocycles. The van der Waals surface area contributed by atoms with E-state index in [1.165, 1.54) is 19.3 Å². The predicted molar refractivity (Wildman–Crippen MR) is 136 cm³/mol. The van der Waals surface area contributed by atoms with Crippen LogP contribution >= 0.6 is 0 Å². The van der Waals surface area contributed by atoms with Crippen LogP contribution in [-0.2, 0) is 23.3 Å². The van der Waals surface area contributed by atoms with Gasteiger partial charge in [0, 0.05) is 18.0 Å². The lowest BCUT2D eigenvalue weighted by molar-refractivity contribution is -0.134. The summed E-state index contributed by atoms with van der Waals surface area (Å²) in [4.78, 5) is 29.5. The molecule has 1 aliphatic carbocycles. The summed E-state index contributed by atoms with van der Waals surface area (Å²) in [6.07, 6.45) is 7.98. The Bertz CT molecular complexity index is 1050. The number of nitrogens with one attached hydrogen (secondary N) is 1. The van der Waals surface area contributed by atoms with Crippen molar-refractivity contribution in [1.82, 2.24) is 20.0 Å². The average Bonchev–Trinajstić information content (AvgIpc) is 3.23. The summed E-state index contributed by atoms with van der Waals surface area (Å²) >= 11 is 0. The highest BCUT2D eigenvalue weighted by Gasteiger charge is 2.48. The number of aromatic nitrogens is 2. The van der Waals surface area contributed by atoms with Crippen molar-refractivity contribution < 1.29 is 14.3 Å². The monoisotopic (exact) mass is 480 g/mol. The Balaban J connectivity index is 1.66. The number of hydrogen-bond donors (Lipinski definition) is 1. The van der Waals surface area contributed by atoms with Gasteiger partial charge in [-0.1, -0.05) is 65.0 Å². The minimum Gasteiger partial charge on any atom is -0.497 e. The zero-order valence-electron chi connectivity index (χ0n) is 21.9. The summed E-state index contributed by atoms with van der Waals surface area (Å²) in [5.74, 6) is 0.505. The molecule has 1 N–H and O–H groups in total. The molecular formula is C28H40N4O3. The third-order valence-electron chi connectivity index (χ3n) is 7.50. The van der Waals surface area contributed by atoms with E-state index in [-0.39, 0.29) is 23.3 Å². The van der Waals surface area contributed by atoms with Gasteiger partial charge >= 0.3 is 0 Å². The van der Waals surface area contributed by atoms with Crippen LogP contribution in [0.5, 0.6) is 5.75 Å². The molecule has 2 aromatic rings. The highest BCUT2D eigenvalue weighted by molar-refractivity contribution is 5.99. The minimum atomic E-state index is -1.05. The van der Waals surface area contributed by atoms with Crippen LogP contribution in [0.1, 0.15) is 94.4 Å². The van der Waals surface area contributed by atoms with E-state index in [9.17, 15) is 9.59 Å². The molecule has 190 valence electrons. The number of carbonyl (C=O) groups excluding carboxylic acids is 2. The van der Waals surface area contributed by atoms with Crippen molar-refractivity contribution in [2.75, 3.05) is 7.11 Å². The van der Waals surface area contributed by atoms with Gasteiger partial charge in [-0.2, -0.15) is 5.10 Å². The molecule has 1 atom stereocenters. The molecule has 0 radical (unpaired) electrons. The second kappa shape index (κ2) is 10.0. The van der Waals surface area contributed by atoms with Crippen LogP contribution in [0.3, 0.4) is 0 Å². The van der Waals surface area contributed by atoms with Crippen molar-refractivity contribution in [1.29, 1.82) is 0 Å². The molecule has 1 aromatic heterocycles. The van der Waals surface area contributed by atoms with Crippen molar-refractivity contribution in [3.63, 3.8) is 0 Å². The van der Waals surface area contributed by atoms with Gasteiger partial charge in [-0.05, 0) is 43.5 Å². The maximum Gasteiger partial charge on any atom is 0.273 e. The smallest absolute Gasteiger partial charge is 0.273 e.